The zero-order valence-corrected chi connectivity index (χ0v) is 18.5. The van der Waals surface area contributed by atoms with E-state index in [2.05, 4.69) is 24.7 Å². The fraction of sp³-hybridized carbons (Fsp3) is 0.545. The number of aliphatic hydroxyl groups is 2. The number of hydrogen-bond acceptors (Lipinski definition) is 12. The van der Waals surface area contributed by atoms with Gasteiger partial charge >= 0.3 is 29.6 Å². The van der Waals surface area contributed by atoms with Gasteiger partial charge < -0.3 is 45.2 Å². The molecule has 0 bridgehead atoms. The minimum absolute atomic E-state index is 0.399. The Bertz CT molecular complexity index is 997. The molecule has 16 nitrogen and oxygen atoms in total. The Morgan fingerprint density at radius 3 is 2.21 bits per heavy atom. The van der Waals surface area contributed by atoms with E-state index < -0.39 is 78.0 Å². The number of phosphoric ester groups is 1. The maximum atomic E-state index is 13.1. The summed E-state index contributed by atoms with van der Waals surface area (Å²) in [5, 5.41) is 20.2. The lowest BCUT2D eigenvalue weighted by molar-refractivity contribution is -0.0930. The molecule has 0 aromatic carbocycles. The Balaban J connectivity index is 2.11. The molecule has 2 aliphatic rings. The Morgan fingerprint density at radius 1 is 1.12 bits per heavy atom. The van der Waals surface area contributed by atoms with Gasteiger partial charge in [0.25, 0.3) is 0 Å². The van der Waals surface area contributed by atoms with Crippen LogP contribution in [-0.4, -0.2) is 77.8 Å². The third-order valence-electron chi connectivity index (χ3n) is 3.83. The Morgan fingerprint density at radius 2 is 1.70 bits per heavy atom. The molecule has 1 fully saturated rings. The Hall–Kier alpha value is -1.17. The molecule has 2 aliphatic heterocycles. The highest BCUT2D eigenvalue weighted by molar-refractivity contribution is 7.66. The number of amidine groups is 1. The summed E-state index contributed by atoms with van der Waals surface area (Å²) in [6.07, 6.45) is -11.9. The van der Waals surface area contributed by atoms with Crippen molar-refractivity contribution in [3.63, 3.8) is 0 Å². The smallest absolute Gasteiger partial charge is 0.387 e. The molecule has 1 saturated heterocycles. The van der Waals surface area contributed by atoms with Crippen molar-refractivity contribution >= 4 is 29.3 Å². The van der Waals surface area contributed by atoms with Crippen LogP contribution in [-0.2, 0) is 31.6 Å². The predicted molar refractivity (Wildman–Crippen MR) is 97.2 cm³/mol. The van der Waals surface area contributed by atoms with Crippen LogP contribution < -0.4 is 5.73 Å². The number of alkyl halides is 3. The normalized spacial score (nSPS) is 30.5. The summed E-state index contributed by atoms with van der Waals surface area (Å²) >= 11 is 0. The molecule has 0 aliphatic carbocycles. The van der Waals surface area contributed by atoms with Gasteiger partial charge in [-0.15, -0.1) is 0 Å². The van der Waals surface area contributed by atoms with E-state index >= 15 is 0 Å². The van der Waals surface area contributed by atoms with Crippen molar-refractivity contribution in [2.24, 2.45) is 10.7 Å². The van der Waals surface area contributed by atoms with Gasteiger partial charge in [0.15, 0.2) is 6.23 Å². The van der Waals surface area contributed by atoms with Gasteiger partial charge in [-0.1, -0.05) is 6.58 Å². The standard InChI is InChI=1S/C11H17F3N3O13P3/c1-4-16-9(15)5(11(12,13)14)2-17(4)10-8(19)7(18)6(28-10)3-27-32(23,24)30-33(25,26)29-31(20,21)22/h2,6-8,10,18-19H,1,3H2,(H2,15,16)(H,23,24)(H,25,26)(H2,20,21,22)/t6-,7?,8+,10-/m1/s1. The van der Waals surface area contributed by atoms with E-state index in [0.717, 1.165) is 0 Å². The maximum Gasteiger partial charge on any atom is 0.490 e. The number of nitrogens with two attached hydrogens (primary N) is 1. The van der Waals surface area contributed by atoms with Gasteiger partial charge in [0.1, 0.15) is 35.5 Å². The van der Waals surface area contributed by atoms with Crippen LogP contribution in [0.25, 0.3) is 0 Å². The quantitative estimate of drug-likeness (QED) is 0.186. The minimum Gasteiger partial charge on any atom is -0.387 e. The van der Waals surface area contributed by atoms with E-state index in [1.807, 2.05) is 0 Å². The lowest BCUT2D eigenvalue weighted by atomic mass is 10.1. The minimum atomic E-state index is -5.81. The van der Waals surface area contributed by atoms with Crippen molar-refractivity contribution in [2.75, 3.05) is 6.61 Å². The molecular formula is C11H17F3N3O13P3. The Labute approximate surface area is 181 Å². The number of nitrogens with zero attached hydrogens (tertiary/aromatic N) is 2. The molecule has 0 aromatic rings. The second kappa shape index (κ2) is 9.47. The van der Waals surface area contributed by atoms with Crippen molar-refractivity contribution in [1.82, 2.24) is 4.90 Å². The summed E-state index contributed by atoms with van der Waals surface area (Å²) in [5.74, 6) is -1.36. The van der Waals surface area contributed by atoms with E-state index in [1.165, 1.54) is 0 Å². The van der Waals surface area contributed by atoms with Crippen LogP contribution in [0.1, 0.15) is 0 Å². The van der Waals surface area contributed by atoms with Gasteiger partial charge in [-0.25, -0.2) is 18.7 Å². The predicted octanol–water partition coefficient (Wildman–Crippen LogP) is -0.633. The number of phosphoric acid groups is 3. The van der Waals surface area contributed by atoms with Crippen molar-refractivity contribution in [3.8, 4) is 0 Å². The number of rotatable bonds is 8. The first-order chi connectivity index (χ1) is 14.7. The summed E-state index contributed by atoms with van der Waals surface area (Å²) < 4.78 is 89.3. The summed E-state index contributed by atoms with van der Waals surface area (Å²) in [5.41, 5.74) is 3.80. The number of halogens is 3. The highest BCUT2D eigenvalue weighted by atomic mass is 31.3. The van der Waals surface area contributed by atoms with Crippen LogP contribution in [0, 0.1) is 0 Å². The van der Waals surface area contributed by atoms with Crippen LogP contribution in [0.4, 0.5) is 13.2 Å². The molecule has 2 heterocycles. The van der Waals surface area contributed by atoms with Crippen LogP contribution in [0.3, 0.4) is 0 Å². The maximum absolute atomic E-state index is 13.1. The molecule has 0 saturated carbocycles. The average Bonchev–Trinajstić information content (AvgIpc) is 2.84. The number of ether oxygens (including phenoxy) is 1. The zero-order chi connectivity index (χ0) is 25.6. The van der Waals surface area contributed by atoms with Crippen molar-refractivity contribution in [3.05, 3.63) is 24.2 Å². The van der Waals surface area contributed by atoms with E-state index in [9.17, 15) is 42.0 Å². The summed E-state index contributed by atoms with van der Waals surface area (Å²) in [4.78, 5) is 39.4. The highest BCUT2D eigenvalue weighted by Crippen LogP contribution is 2.66. The third kappa shape index (κ3) is 7.40. The highest BCUT2D eigenvalue weighted by Gasteiger charge is 2.49. The van der Waals surface area contributed by atoms with Gasteiger partial charge in [0, 0.05) is 6.20 Å². The first-order valence-corrected chi connectivity index (χ1v) is 12.7. The average molecular weight is 549 g/mol. The molecular weight excluding hydrogens is 532 g/mol. The molecule has 6 atom stereocenters. The van der Waals surface area contributed by atoms with E-state index in [0.29, 0.717) is 11.1 Å². The van der Waals surface area contributed by atoms with Crippen LogP contribution >= 0.6 is 23.5 Å². The number of hydrogen-bond donors (Lipinski definition) is 7. The number of aliphatic imine (C=N–C) groups is 1. The van der Waals surface area contributed by atoms with Crippen LogP contribution in [0.2, 0.25) is 0 Å². The topological polar surface area (TPSA) is 251 Å². The van der Waals surface area contributed by atoms with Gasteiger partial charge in [-0.05, 0) is 0 Å². The molecule has 2 rings (SSSR count). The lowest BCUT2D eigenvalue weighted by Gasteiger charge is -2.32. The van der Waals surface area contributed by atoms with Gasteiger partial charge in [0.05, 0.1) is 6.61 Å². The van der Waals surface area contributed by atoms with Crippen molar-refractivity contribution in [2.45, 2.75) is 30.7 Å². The molecule has 190 valence electrons. The van der Waals surface area contributed by atoms with Crippen LogP contribution in [0.15, 0.2) is 29.2 Å². The van der Waals surface area contributed by atoms with Crippen molar-refractivity contribution in [1.29, 1.82) is 0 Å². The molecule has 0 amide bonds. The zero-order valence-electron chi connectivity index (χ0n) is 15.8. The fourth-order valence-corrected chi connectivity index (χ4v) is 5.57. The van der Waals surface area contributed by atoms with Crippen LogP contribution in [0.5, 0.6) is 0 Å². The van der Waals surface area contributed by atoms with Crippen molar-refractivity contribution < 1.29 is 74.5 Å². The second-order valence-corrected chi connectivity index (χ2v) is 10.7. The molecule has 0 spiro atoms. The fourth-order valence-electron chi connectivity index (χ4n) is 2.54. The monoisotopic (exact) mass is 549 g/mol. The molecule has 3 unspecified atom stereocenters. The molecule has 0 aromatic heterocycles. The lowest BCUT2D eigenvalue weighted by Crippen LogP contribution is -2.44. The first-order valence-electron chi connectivity index (χ1n) is 8.13. The van der Waals surface area contributed by atoms with E-state index in [-0.39, 0.29) is 0 Å². The summed E-state index contributed by atoms with van der Waals surface area (Å²) in [6, 6.07) is 0. The molecule has 8 N–H and O–H groups in total. The third-order valence-corrected chi connectivity index (χ3v) is 7.63. The van der Waals surface area contributed by atoms with Gasteiger partial charge in [0.2, 0.25) is 0 Å². The second-order valence-electron chi connectivity index (χ2n) is 6.29. The first kappa shape index (κ1) is 28.1. The molecule has 33 heavy (non-hydrogen) atoms. The van der Waals surface area contributed by atoms with E-state index in [1.54, 1.807) is 0 Å². The SMILES string of the molecule is C=C1N=C(N)C(C(F)(F)F)=CN1[C@@H]1O[C@H](COP(=O)(O)OP(=O)(O)OP(=O)(O)O)C(O)[C@@H]1O. The largest absolute Gasteiger partial charge is 0.490 e. The molecule has 0 radical (unpaired) electrons. The summed E-state index contributed by atoms with van der Waals surface area (Å²) in [6.45, 7) is 2.18. The Kier molecular flexibility index (Phi) is 8.05. The van der Waals surface area contributed by atoms with E-state index in [4.69, 9.17) is 25.2 Å². The van der Waals surface area contributed by atoms with Gasteiger partial charge in [-0.2, -0.15) is 21.8 Å². The number of aliphatic hydroxyl groups excluding tert-OH is 2. The summed E-state index contributed by atoms with van der Waals surface area (Å²) in [7, 11) is -17.0. The van der Waals surface area contributed by atoms with Gasteiger partial charge in [-0.3, -0.25) is 4.52 Å². The molecule has 22 heteroatoms.